The highest BCUT2D eigenvalue weighted by Gasteiger charge is 2.31. The monoisotopic (exact) mass is 400 g/mol. The Morgan fingerprint density at radius 3 is 2.52 bits per heavy atom. The second kappa shape index (κ2) is 7.20. The first kappa shape index (κ1) is 16.7. The minimum Gasteiger partial charge on any atom is -0.368 e. The summed E-state index contributed by atoms with van der Waals surface area (Å²) in [6.07, 6.45) is 1.45. The predicted octanol–water partition coefficient (Wildman–Crippen LogP) is 2.57. The second-order valence-corrected chi connectivity index (χ2v) is 7.03. The van der Waals surface area contributed by atoms with Gasteiger partial charge in [0, 0.05) is 42.3 Å². The van der Waals surface area contributed by atoms with Gasteiger partial charge in [0.1, 0.15) is 6.10 Å². The molecule has 0 radical (unpaired) electrons. The number of hydrogen-bond acceptors (Lipinski definition) is 3. The lowest BCUT2D eigenvalue weighted by Crippen LogP contribution is -2.52. The maximum atomic E-state index is 12.6. The van der Waals surface area contributed by atoms with E-state index in [-0.39, 0.29) is 17.9 Å². The molecule has 2 saturated heterocycles. The van der Waals surface area contributed by atoms with E-state index in [9.17, 15) is 9.59 Å². The molecule has 5 nitrogen and oxygen atoms in total. The van der Waals surface area contributed by atoms with Crippen molar-refractivity contribution in [1.29, 1.82) is 0 Å². The molecule has 2 fully saturated rings. The van der Waals surface area contributed by atoms with Gasteiger partial charge in [0.15, 0.2) is 0 Å². The second-order valence-electron chi connectivity index (χ2n) is 5.74. The minimum atomic E-state index is -0.292. The summed E-state index contributed by atoms with van der Waals surface area (Å²) in [5.74, 6) is -0.0119. The Kier molecular flexibility index (Phi) is 5.24. The van der Waals surface area contributed by atoms with Gasteiger partial charge < -0.3 is 14.5 Å². The molecule has 1 atom stereocenters. The van der Waals surface area contributed by atoms with Crippen LogP contribution in [0.25, 0.3) is 0 Å². The average Bonchev–Trinajstić information content (AvgIpc) is 3.10. The summed E-state index contributed by atoms with van der Waals surface area (Å²) in [5, 5.41) is 0.531. The normalized spacial score (nSPS) is 21.6. The summed E-state index contributed by atoms with van der Waals surface area (Å²) in [6.45, 7) is 2.80. The number of amides is 2. The van der Waals surface area contributed by atoms with Gasteiger partial charge >= 0.3 is 0 Å². The van der Waals surface area contributed by atoms with Crippen molar-refractivity contribution in [3.05, 3.63) is 33.3 Å². The van der Waals surface area contributed by atoms with Crippen LogP contribution in [0.5, 0.6) is 0 Å². The van der Waals surface area contributed by atoms with E-state index in [0.717, 1.165) is 17.3 Å². The van der Waals surface area contributed by atoms with Crippen LogP contribution < -0.4 is 0 Å². The molecule has 0 spiro atoms. The fourth-order valence-corrected chi connectivity index (χ4v) is 3.53. The maximum absolute atomic E-state index is 12.6. The molecule has 124 valence electrons. The molecule has 2 aliphatic heterocycles. The molecule has 2 heterocycles. The van der Waals surface area contributed by atoms with Gasteiger partial charge in [0.05, 0.1) is 5.56 Å². The average molecular weight is 402 g/mol. The quantitative estimate of drug-likeness (QED) is 0.765. The van der Waals surface area contributed by atoms with Crippen molar-refractivity contribution < 1.29 is 14.3 Å². The van der Waals surface area contributed by atoms with Gasteiger partial charge in [0.25, 0.3) is 11.8 Å². The molecule has 3 rings (SSSR count). The van der Waals surface area contributed by atoms with Crippen molar-refractivity contribution >= 4 is 39.3 Å². The molecule has 2 amide bonds. The SMILES string of the molecule is O=C(c1cc(Cl)ccc1Br)N1CCN(C(=O)C2CCCO2)CC1. The van der Waals surface area contributed by atoms with Crippen LogP contribution in [0.3, 0.4) is 0 Å². The van der Waals surface area contributed by atoms with E-state index >= 15 is 0 Å². The van der Waals surface area contributed by atoms with Crippen LogP contribution in [0, 0.1) is 0 Å². The Labute approximate surface area is 148 Å². The highest BCUT2D eigenvalue weighted by Crippen LogP contribution is 2.23. The first-order valence-corrected chi connectivity index (χ1v) is 8.88. The minimum absolute atomic E-state index is 0.0542. The largest absolute Gasteiger partial charge is 0.368 e. The molecule has 1 unspecified atom stereocenters. The van der Waals surface area contributed by atoms with Gasteiger partial charge in [0.2, 0.25) is 0 Å². The molecule has 1 aromatic rings. The van der Waals surface area contributed by atoms with Crippen molar-refractivity contribution in [2.45, 2.75) is 18.9 Å². The molecule has 0 saturated carbocycles. The van der Waals surface area contributed by atoms with Crippen LogP contribution in [0.2, 0.25) is 5.02 Å². The first-order chi connectivity index (χ1) is 11.1. The number of hydrogen-bond donors (Lipinski definition) is 0. The lowest BCUT2D eigenvalue weighted by atomic mass is 10.1. The fourth-order valence-electron chi connectivity index (χ4n) is 2.94. The standard InChI is InChI=1S/C16H18BrClN2O3/c17-13-4-3-11(18)10-12(13)15(21)19-5-7-20(8-6-19)16(22)14-2-1-9-23-14/h3-4,10,14H,1-2,5-9H2. The summed E-state index contributed by atoms with van der Waals surface area (Å²) in [6, 6.07) is 5.17. The molecule has 1 aromatic carbocycles. The van der Waals surface area contributed by atoms with Gasteiger partial charge in [-0.15, -0.1) is 0 Å². The summed E-state index contributed by atoms with van der Waals surface area (Å²) >= 11 is 9.37. The number of benzene rings is 1. The van der Waals surface area contributed by atoms with E-state index in [0.29, 0.717) is 43.4 Å². The highest BCUT2D eigenvalue weighted by molar-refractivity contribution is 9.10. The Bertz CT molecular complexity index is 611. The Morgan fingerprint density at radius 1 is 1.17 bits per heavy atom. The fraction of sp³-hybridized carbons (Fsp3) is 0.500. The Hall–Kier alpha value is -1.11. The number of carbonyl (C=O) groups excluding carboxylic acids is 2. The third-order valence-corrected chi connectivity index (χ3v) is 5.17. The van der Waals surface area contributed by atoms with E-state index in [1.54, 1.807) is 28.0 Å². The maximum Gasteiger partial charge on any atom is 0.255 e. The zero-order valence-corrected chi connectivity index (χ0v) is 15.0. The third-order valence-electron chi connectivity index (χ3n) is 4.24. The number of piperazine rings is 1. The number of rotatable bonds is 2. The van der Waals surface area contributed by atoms with E-state index in [1.165, 1.54) is 0 Å². The van der Waals surface area contributed by atoms with Crippen molar-refractivity contribution in [2.75, 3.05) is 32.8 Å². The summed E-state index contributed by atoms with van der Waals surface area (Å²) in [7, 11) is 0. The van der Waals surface area contributed by atoms with Gasteiger partial charge in [-0.2, -0.15) is 0 Å². The summed E-state index contributed by atoms with van der Waals surface area (Å²) < 4.78 is 6.17. The third kappa shape index (κ3) is 3.70. The van der Waals surface area contributed by atoms with Crippen LogP contribution in [-0.4, -0.2) is 60.5 Å². The van der Waals surface area contributed by atoms with Gasteiger partial charge in [-0.05, 0) is 47.0 Å². The number of carbonyl (C=O) groups is 2. The van der Waals surface area contributed by atoms with Gasteiger partial charge in [-0.3, -0.25) is 9.59 Å². The molecular formula is C16H18BrClN2O3. The summed E-state index contributed by atoms with van der Waals surface area (Å²) in [4.78, 5) is 28.5. The molecular weight excluding hydrogens is 384 g/mol. The number of halogens is 2. The topological polar surface area (TPSA) is 49.9 Å². The van der Waals surface area contributed by atoms with Crippen molar-refractivity contribution in [1.82, 2.24) is 9.80 Å². The van der Waals surface area contributed by atoms with Crippen molar-refractivity contribution in [3.63, 3.8) is 0 Å². The van der Waals surface area contributed by atoms with Crippen LogP contribution in [0.1, 0.15) is 23.2 Å². The molecule has 0 aromatic heterocycles. The molecule has 0 bridgehead atoms. The Balaban J connectivity index is 1.61. The zero-order valence-electron chi connectivity index (χ0n) is 12.6. The van der Waals surface area contributed by atoms with Gasteiger partial charge in [-0.25, -0.2) is 0 Å². The summed E-state index contributed by atoms with van der Waals surface area (Å²) in [5.41, 5.74) is 0.552. The van der Waals surface area contributed by atoms with Gasteiger partial charge in [-0.1, -0.05) is 11.6 Å². The Morgan fingerprint density at radius 2 is 1.87 bits per heavy atom. The van der Waals surface area contributed by atoms with E-state index in [2.05, 4.69) is 15.9 Å². The van der Waals surface area contributed by atoms with Crippen LogP contribution in [-0.2, 0) is 9.53 Å². The molecule has 23 heavy (non-hydrogen) atoms. The molecule has 2 aliphatic rings. The number of nitrogens with zero attached hydrogens (tertiary/aromatic N) is 2. The van der Waals surface area contributed by atoms with E-state index < -0.39 is 0 Å². The molecule has 0 aliphatic carbocycles. The van der Waals surface area contributed by atoms with E-state index in [1.807, 2.05) is 0 Å². The first-order valence-electron chi connectivity index (χ1n) is 7.71. The highest BCUT2D eigenvalue weighted by atomic mass is 79.9. The van der Waals surface area contributed by atoms with Crippen LogP contribution >= 0.6 is 27.5 Å². The van der Waals surface area contributed by atoms with Crippen molar-refractivity contribution in [3.8, 4) is 0 Å². The predicted molar refractivity (Wildman–Crippen MR) is 90.6 cm³/mol. The lowest BCUT2D eigenvalue weighted by Gasteiger charge is -2.36. The molecule has 0 N–H and O–H groups in total. The van der Waals surface area contributed by atoms with Crippen LogP contribution in [0.15, 0.2) is 22.7 Å². The lowest BCUT2D eigenvalue weighted by molar-refractivity contribution is -0.142. The smallest absolute Gasteiger partial charge is 0.255 e. The zero-order chi connectivity index (χ0) is 16.4. The van der Waals surface area contributed by atoms with Crippen molar-refractivity contribution in [2.24, 2.45) is 0 Å². The van der Waals surface area contributed by atoms with Crippen LogP contribution in [0.4, 0.5) is 0 Å². The number of ether oxygens (including phenoxy) is 1. The molecule has 7 heteroatoms. The van der Waals surface area contributed by atoms with E-state index in [4.69, 9.17) is 16.3 Å².